The molecule has 2 fully saturated rings. The third-order valence-electron chi connectivity index (χ3n) is 6.85. The van der Waals surface area contributed by atoms with E-state index in [2.05, 4.69) is 50.5 Å². The van der Waals surface area contributed by atoms with Gasteiger partial charge in [0.05, 0.1) is 0 Å². The summed E-state index contributed by atoms with van der Waals surface area (Å²) in [6.07, 6.45) is 2.36. The van der Waals surface area contributed by atoms with Gasteiger partial charge in [-0.15, -0.1) is 0 Å². The highest BCUT2D eigenvalue weighted by Gasteiger charge is 2.45. The minimum absolute atomic E-state index is 0.0207. The van der Waals surface area contributed by atoms with E-state index < -0.39 is 0 Å². The van der Waals surface area contributed by atoms with E-state index in [1.807, 2.05) is 47.4 Å². The highest BCUT2D eigenvalue weighted by atomic mass is 16.2. The zero-order valence-electron chi connectivity index (χ0n) is 18.8. The van der Waals surface area contributed by atoms with Crippen LogP contribution in [-0.2, 0) is 0 Å². The molecule has 2 aromatic carbocycles. The molecule has 2 saturated heterocycles. The summed E-state index contributed by atoms with van der Waals surface area (Å²) in [6, 6.07) is 21.9. The number of amides is 1. The van der Waals surface area contributed by atoms with E-state index in [1.165, 1.54) is 12.8 Å². The predicted octanol–water partition coefficient (Wildman–Crippen LogP) is 3.85. The number of rotatable bonds is 2. The van der Waals surface area contributed by atoms with Crippen LogP contribution >= 0.6 is 0 Å². The molecule has 0 aliphatic carbocycles. The maximum atomic E-state index is 13.1. The van der Waals surface area contributed by atoms with Crippen molar-refractivity contribution in [1.29, 1.82) is 0 Å². The lowest BCUT2D eigenvalue weighted by Gasteiger charge is -2.52. The Bertz CT molecular complexity index is 1420. The monoisotopic (exact) mass is 447 g/mol. The van der Waals surface area contributed by atoms with Crippen LogP contribution in [0.4, 0.5) is 0 Å². The van der Waals surface area contributed by atoms with Gasteiger partial charge in [0.15, 0.2) is 0 Å². The van der Waals surface area contributed by atoms with Gasteiger partial charge in [-0.25, -0.2) is 4.98 Å². The van der Waals surface area contributed by atoms with Crippen LogP contribution < -0.4 is 5.32 Å². The molecule has 34 heavy (non-hydrogen) atoms. The number of likely N-dealkylation sites (tertiary alicyclic amines) is 1. The predicted molar refractivity (Wildman–Crippen MR) is 132 cm³/mol. The summed E-state index contributed by atoms with van der Waals surface area (Å²) in [7, 11) is 0. The molecule has 0 saturated carbocycles. The van der Waals surface area contributed by atoms with Crippen molar-refractivity contribution in [3.63, 3.8) is 0 Å². The van der Waals surface area contributed by atoms with Gasteiger partial charge in [0.25, 0.3) is 5.91 Å². The molecule has 2 aliphatic heterocycles. The van der Waals surface area contributed by atoms with Crippen molar-refractivity contribution in [2.75, 3.05) is 26.2 Å². The normalized spacial score (nSPS) is 16.6. The van der Waals surface area contributed by atoms with Gasteiger partial charge in [-0.3, -0.25) is 9.89 Å². The first-order chi connectivity index (χ1) is 16.7. The van der Waals surface area contributed by atoms with Crippen LogP contribution in [0.25, 0.3) is 22.2 Å². The van der Waals surface area contributed by atoms with Crippen molar-refractivity contribution >= 4 is 16.9 Å². The molecule has 0 bridgehead atoms. The SMILES string of the molecule is O=C(c1ccc2n[nH]c(C#Cc3ccccc3-c3ccccc3)c2n1)N1CC2(CCCNC2)C1. The number of fused-ring (bicyclic) bond motifs is 1. The van der Waals surface area contributed by atoms with Crippen molar-refractivity contribution in [2.24, 2.45) is 5.41 Å². The van der Waals surface area contributed by atoms with Crippen LogP contribution in [0.15, 0.2) is 66.7 Å². The Balaban J connectivity index is 1.27. The first-order valence-corrected chi connectivity index (χ1v) is 11.7. The number of hydrogen-bond acceptors (Lipinski definition) is 4. The van der Waals surface area contributed by atoms with Gasteiger partial charge in [0.2, 0.25) is 0 Å². The number of aromatic nitrogens is 3. The van der Waals surface area contributed by atoms with Crippen LogP contribution in [0, 0.1) is 17.3 Å². The summed E-state index contributed by atoms with van der Waals surface area (Å²) in [5, 5.41) is 10.8. The zero-order valence-corrected chi connectivity index (χ0v) is 18.8. The number of hydrogen-bond donors (Lipinski definition) is 2. The molecule has 4 heterocycles. The Morgan fingerprint density at radius 3 is 2.62 bits per heavy atom. The summed E-state index contributed by atoms with van der Waals surface area (Å²) < 4.78 is 0. The number of carbonyl (C=O) groups is 1. The second kappa shape index (κ2) is 8.44. The zero-order chi connectivity index (χ0) is 23.0. The fourth-order valence-electron chi connectivity index (χ4n) is 5.06. The highest BCUT2D eigenvalue weighted by molar-refractivity contribution is 5.95. The average Bonchev–Trinajstić information content (AvgIpc) is 3.29. The number of nitrogens with zero attached hydrogens (tertiary/aromatic N) is 3. The first kappa shape index (κ1) is 20.6. The third kappa shape index (κ3) is 3.74. The Hall–Kier alpha value is -3.95. The fraction of sp³-hybridized carbons (Fsp3) is 0.250. The second-order valence-corrected chi connectivity index (χ2v) is 9.27. The number of carbonyl (C=O) groups excluding carboxylic acids is 1. The summed E-state index contributed by atoms with van der Waals surface area (Å²) in [6.45, 7) is 3.67. The van der Waals surface area contributed by atoms with E-state index in [0.29, 0.717) is 22.4 Å². The van der Waals surface area contributed by atoms with Gasteiger partial charge in [-0.1, -0.05) is 54.5 Å². The Labute approximate surface area is 198 Å². The lowest BCUT2D eigenvalue weighted by molar-refractivity contribution is -0.00758. The number of aromatic amines is 1. The van der Waals surface area contributed by atoms with Crippen LogP contribution in [0.3, 0.4) is 0 Å². The molecule has 1 amide bonds. The van der Waals surface area contributed by atoms with Crippen molar-refractivity contribution in [3.05, 3.63) is 83.7 Å². The van der Waals surface area contributed by atoms with E-state index >= 15 is 0 Å². The molecule has 0 atom stereocenters. The van der Waals surface area contributed by atoms with Gasteiger partial charge in [0.1, 0.15) is 22.4 Å². The highest BCUT2D eigenvalue weighted by Crippen LogP contribution is 2.37. The molecule has 168 valence electrons. The van der Waals surface area contributed by atoms with Gasteiger partial charge in [-0.2, -0.15) is 5.10 Å². The van der Waals surface area contributed by atoms with E-state index in [4.69, 9.17) is 0 Å². The second-order valence-electron chi connectivity index (χ2n) is 9.27. The average molecular weight is 448 g/mol. The van der Waals surface area contributed by atoms with E-state index in [0.717, 1.165) is 42.9 Å². The molecule has 4 aromatic rings. The summed E-state index contributed by atoms with van der Waals surface area (Å²) in [4.78, 5) is 19.7. The van der Waals surface area contributed by atoms with E-state index in [9.17, 15) is 4.79 Å². The van der Waals surface area contributed by atoms with Crippen molar-refractivity contribution in [1.82, 2.24) is 25.4 Å². The summed E-state index contributed by atoms with van der Waals surface area (Å²) in [5.41, 5.74) is 5.76. The lowest BCUT2D eigenvalue weighted by Crippen LogP contribution is -2.63. The number of nitrogens with one attached hydrogen (secondary N) is 2. The van der Waals surface area contributed by atoms with Gasteiger partial charge in [-0.05, 0) is 54.6 Å². The number of piperidine rings is 1. The fourth-order valence-corrected chi connectivity index (χ4v) is 5.06. The quantitative estimate of drug-likeness (QED) is 0.458. The molecule has 0 unspecified atom stereocenters. The molecular formula is C28H25N5O. The van der Waals surface area contributed by atoms with Crippen LogP contribution in [0.2, 0.25) is 0 Å². The molecule has 0 radical (unpaired) electrons. The minimum Gasteiger partial charge on any atom is -0.336 e. The smallest absolute Gasteiger partial charge is 0.272 e. The van der Waals surface area contributed by atoms with Crippen LogP contribution in [0.1, 0.15) is 34.6 Å². The molecule has 1 spiro atoms. The largest absolute Gasteiger partial charge is 0.336 e. The molecule has 2 N–H and O–H groups in total. The van der Waals surface area contributed by atoms with Gasteiger partial charge >= 0.3 is 0 Å². The van der Waals surface area contributed by atoms with Gasteiger partial charge in [0, 0.05) is 30.6 Å². The number of benzene rings is 2. The van der Waals surface area contributed by atoms with Crippen LogP contribution in [0.5, 0.6) is 0 Å². The van der Waals surface area contributed by atoms with Crippen molar-refractivity contribution in [2.45, 2.75) is 12.8 Å². The molecule has 2 aromatic heterocycles. The molecule has 6 nitrogen and oxygen atoms in total. The van der Waals surface area contributed by atoms with Crippen LogP contribution in [-0.4, -0.2) is 52.2 Å². The maximum absolute atomic E-state index is 13.1. The van der Waals surface area contributed by atoms with Crippen molar-refractivity contribution in [3.8, 4) is 23.0 Å². The molecule has 2 aliphatic rings. The minimum atomic E-state index is -0.0207. The summed E-state index contributed by atoms with van der Waals surface area (Å²) >= 11 is 0. The first-order valence-electron chi connectivity index (χ1n) is 11.7. The van der Waals surface area contributed by atoms with Crippen molar-refractivity contribution < 1.29 is 4.79 Å². The van der Waals surface area contributed by atoms with Gasteiger partial charge < -0.3 is 10.2 Å². The maximum Gasteiger partial charge on any atom is 0.272 e. The molecule has 6 rings (SSSR count). The Morgan fingerprint density at radius 2 is 1.79 bits per heavy atom. The summed E-state index contributed by atoms with van der Waals surface area (Å²) in [5.74, 6) is 6.45. The standard InChI is InChI=1S/C28H25N5O/c34-27(33-18-28(19-33)15-6-16-29-17-28)25-14-13-24-26(30-25)23(31-32-24)12-11-21-9-4-5-10-22(21)20-7-2-1-3-8-20/h1-5,7-10,13-14,29H,6,15-19H2,(H,31,32). The number of H-pyrrole nitrogens is 1. The molecular weight excluding hydrogens is 422 g/mol. The third-order valence-corrected chi connectivity index (χ3v) is 6.85. The van der Waals surface area contributed by atoms with E-state index in [1.54, 1.807) is 6.07 Å². The Morgan fingerprint density at radius 1 is 0.971 bits per heavy atom. The molecule has 6 heteroatoms. The van der Waals surface area contributed by atoms with E-state index in [-0.39, 0.29) is 11.3 Å². The Kier molecular flexibility index (Phi) is 5.12. The topological polar surface area (TPSA) is 73.9 Å². The number of pyridine rings is 1. The lowest BCUT2D eigenvalue weighted by atomic mass is 9.74.